The van der Waals surface area contributed by atoms with Crippen LogP contribution in [-0.4, -0.2) is 36.5 Å². The van der Waals surface area contributed by atoms with E-state index in [1.807, 2.05) is 29.2 Å². The van der Waals surface area contributed by atoms with E-state index in [2.05, 4.69) is 25.1 Å². The Morgan fingerprint density at radius 2 is 1.88 bits per heavy atom. The first-order valence-corrected chi connectivity index (χ1v) is 9.29. The molecule has 142 valence electrons. The van der Waals surface area contributed by atoms with E-state index in [1.165, 1.54) is 5.39 Å². The molecule has 1 fully saturated rings. The maximum Gasteiger partial charge on any atom is 0.222 e. The zero-order valence-electron chi connectivity index (χ0n) is 15.4. The van der Waals surface area contributed by atoms with Gasteiger partial charge in [-0.3, -0.25) is 4.79 Å². The number of ether oxygens (including phenoxy) is 1. The monoisotopic (exact) mass is 376 g/mol. The largest absolute Gasteiger partial charge is 0.493 e. The average molecular weight is 377 g/mol. The molecule has 0 radical (unpaired) electrons. The molecule has 2 aromatic carbocycles. The van der Waals surface area contributed by atoms with Gasteiger partial charge in [-0.2, -0.15) is 0 Å². The van der Waals surface area contributed by atoms with Gasteiger partial charge >= 0.3 is 0 Å². The second-order valence-corrected chi connectivity index (χ2v) is 7.01. The predicted molar refractivity (Wildman–Crippen MR) is 109 cm³/mol. The molecule has 0 aromatic heterocycles. The highest BCUT2D eigenvalue weighted by atomic mass is 35.5. The lowest BCUT2D eigenvalue weighted by atomic mass is 9.91. The van der Waals surface area contributed by atoms with Crippen molar-refractivity contribution in [1.82, 2.24) is 4.90 Å². The number of halogens is 1. The minimum Gasteiger partial charge on any atom is -0.493 e. The van der Waals surface area contributed by atoms with Crippen LogP contribution < -0.4 is 10.5 Å². The van der Waals surface area contributed by atoms with Gasteiger partial charge in [-0.1, -0.05) is 36.4 Å². The number of hydrogen-bond acceptors (Lipinski definition) is 3. The van der Waals surface area contributed by atoms with E-state index in [1.54, 1.807) is 0 Å². The van der Waals surface area contributed by atoms with Gasteiger partial charge in [-0.25, -0.2) is 0 Å². The maximum atomic E-state index is 12.3. The topological polar surface area (TPSA) is 55.6 Å². The third kappa shape index (κ3) is 5.12. The van der Waals surface area contributed by atoms with E-state index in [0.29, 0.717) is 18.9 Å². The highest BCUT2D eigenvalue weighted by Crippen LogP contribution is 2.25. The third-order valence-electron chi connectivity index (χ3n) is 5.18. The van der Waals surface area contributed by atoms with Gasteiger partial charge in [0.1, 0.15) is 5.75 Å². The standard InChI is InChI=1S/C21H28N2O2.ClH/c1-16(22)17-11-13-23(14-12-17)21(24)10-5-15-25-20-9-4-7-18-6-2-3-8-19(18)20;/h2-4,6-9,16-17H,5,10-15,22H2,1H3;1H. The summed E-state index contributed by atoms with van der Waals surface area (Å²) in [5.41, 5.74) is 5.96. The zero-order chi connectivity index (χ0) is 17.6. The first-order valence-electron chi connectivity index (χ1n) is 9.29. The van der Waals surface area contributed by atoms with Crippen LogP contribution >= 0.6 is 12.4 Å². The van der Waals surface area contributed by atoms with Crippen molar-refractivity contribution in [3.63, 3.8) is 0 Å². The van der Waals surface area contributed by atoms with E-state index in [-0.39, 0.29) is 24.4 Å². The van der Waals surface area contributed by atoms with Gasteiger partial charge in [-0.05, 0) is 43.6 Å². The zero-order valence-corrected chi connectivity index (χ0v) is 16.2. The smallest absolute Gasteiger partial charge is 0.222 e. The van der Waals surface area contributed by atoms with Gasteiger partial charge in [0.2, 0.25) is 5.91 Å². The maximum absolute atomic E-state index is 12.3. The van der Waals surface area contributed by atoms with Crippen LogP contribution in [0.25, 0.3) is 10.8 Å². The summed E-state index contributed by atoms with van der Waals surface area (Å²) in [5, 5.41) is 2.29. The van der Waals surface area contributed by atoms with Gasteiger partial charge in [0.15, 0.2) is 0 Å². The van der Waals surface area contributed by atoms with Crippen molar-refractivity contribution in [1.29, 1.82) is 0 Å². The van der Waals surface area contributed by atoms with E-state index < -0.39 is 0 Å². The van der Waals surface area contributed by atoms with Crippen molar-refractivity contribution < 1.29 is 9.53 Å². The Morgan fingerprint density at radius 1 is 1.19 bits per heavy atom. The summed E-state index contributed by atoms with van der Waals surface area (Å²) in [7, 11) is 0. The SMILES string of the molecule is CC(N)C1CCN(C(=O)CCCOc2cccc3ccccc23)CC1.Cl. The summed E-state index contributed by atoms with van der Waals surface area (Å²) < 4.78 is 5.92. The van der Waals surface area contributed by atoms with E-state index >= 15 is 0 Å². The van der Waals surface area contributed by atoms with Crippen molar-refractivity contribution >= 4 is 29.1 Å². The summed E-state index contributed by atoms with van der Waals surface area (Å²) >= 11 is 0. The quantitative estimate of drug-likeness (QED) is 0.775. The number of hydrogen-bond donors (Lipinski definition) is 1. The second kappa shape index (κ2) is 9.79. The van der Waals surface area contributed by atoms with Crippen LogP contribution in [0.5, 0.6) is 5.75 Å². The normalized spacial score (nSPS) is 16.2. The molecule has 0 saturated carbocycles. The number of benzene rings is 2. The lowest BCUT2D eigenvalue weighted by molar-refractivity contribution is -0.132. The molecule has 0 bridgehead atoms. The van der Waals surface area contributed by atoms with Gasteiger partial charge in [0.25, 0.3) is 0 Å². The van der Waals surface area contributed by atoms with Crippen molar-refractivity contribution in [2.45, 2.75) is 38.6 Å². The van der Waals surface area contributed by atoms with Gasteiger partial charge in [-0.15, -0.1) is 12.4 Å². The van der Waals surface area contributed by atoms with Crippen molar-refractivity contribution in [3.8, 4) is 5.75 Å². The Hall–Kier alpha value is -1.78. The fourth-order valence-corrected chi connectivity index (χ4v) is 3.56. The second-order valence-electron chi connectivity index (χ2n) is 7.01. The molecule has 0 aliphatic carbocycles. The molecule has 1 saturated heterocycles. The fraction of sp³-hybridized carbons (Fsp3) is 0.476. The highest BCUT2D eigenvalue weighted by molar-refractivity contribution is 5.88. The molecule has 4 nitrogen and oxygen atoms in total. The van der Waals surface area contributed by atoms with Gasteiger partial charge < -0.3 is 15.4 Å². The molecule has 1 heterocycles. The van der Waals surface area contributed by atoms with E-state index in [4.69, 9.17) is 10.5 Å². The van der Waals surface area contributed by atoms with Crippen LogP contribution in [0, 0.1) is 5.92 Å². The van der Waals surface area contributed by atoms with Crippen LogP contribution in [0.15, 0.2) is 42.5 Å². The molecular weight excluding hydrogens is 348 g/mol. The van der Waals surface area contributed by atoms with Crippen molar-refractivity contribution in [2.24, 2.45) is 11.7 Å². The summed E-state index contributed by atoms with van der Waals surface area (Å²) in [4.78, 5) is 14.3. The van der Waals surface area contributed by atoms with Crippen LogP contribution in [0.3, 0.4) is 0 Å². The number of amides is 1. The molecule has 2 aromatic rings. The highest BCUT2D eigenvalue weighted by Gasteiger charge is 2.24. The number of fused-ring (bicyclic) bond motifs is 1. The van der Waals surface area contributed by atoms with Gasteiger partial charge in [0.05, 0.1) is 6.61 Å². The Labute approximate surface area is 162 Å². The van der Waals surface area contributed by atoms with Gasteiger partial charge in [0, 0.05) is 30.9 Å². The summed E-state index contributed by atoms with van der Waals surface area (Å²) in [5.74, 6) is 1.69. The molecule has 26 heavy (non-hydrogen) atoms. The average Bonchev–Trinajstić information content (AvgIpc) is 2.65. The lowest BCUT2D eigenvalue weighted by Gasteiger charge is -2.33. The van der Waals surface area contributed by atoms with Crippen LogP contribution in [0.2, 0.25) is 0 Å². The first-order chi connectivity index (χ1) is 12.1. The van der Waals surface area contributed by atoms with E-state index in [9.17, 15) is 4.79 Å². The molecule has 1 unspecified atom stereocenters. The molecule has 1 atom stereocenters. The first kappa shape index (κ1) is 20.5. The molecule has 3 rings (SSSR count). The Balaban J connectivity index is 0.00000243. The summed E-state index contributed by atoms with van der Waals surface area (Å²) in [6, 6.07) is 14.5. The molecule has 1 aliphatic heterocycles. The Kier molecular flexibility index (Phi) is 7.73. The number of nitrogens with two attached hydrogens (primary N) is 1. The molecular formula is C21H29ClN2O2. The van der Waals surface area contributed by atoms with E-state index in [0.717, 1.165) is 43.5 Å². The van der Waals surface area contributed by atoms with Crippen LogP contribution in [0.1, 0.15) is 32.6 Å². The predicted octanol–water partition coefficient (Wildman–Crippen LogP) is 4.01. The minimum atomic E-state index is 0. The minimum absolute atomic E-state index is 0. The van der Waals surface area contributed by atoms with Crippen molar-refractivity contribution in [2.75, 3.05) is 19.7 Å². The molecule has 1 aliphatic rings. The molecule has 1 amide bonds. The molecule has 2 N–H and O–H groups in total. The number of piperidine rings is 1. The summed E-state index contributed by atoms with van der Waals surface area (Å²) in [6.45, 7) is 4.31. The summed E-state index contributed by atoms with van der Waals surface area (Å²) in [6.07, 6.45) is 3.34. The number of carbonyl (C=O) groups excluding carboxylic acids is 1. The fourth-order valence-electron chi connectivity index (χ4n) is 3.56. The van der Waals surface area contributed by atoms with Crippen molar-refractivity contribution in [3.05, 3.63) is 42.5 Å². The Morgan fingerprint density at radius 3 is 2.62 bits per heavy atom. The number of likely N-dealkylation sites (tertiary alicyclic amines) is 1. The lowest BCUT2D eigenvalue weighted by Crippen LogP contribution is -2.42. The Bertz CT molecular complexity index is 707. The molecule has 0 spiro atoms. The molecule has 5 heteroatoms. The van der Waals surface area contributed by atoms with Crippen LogP contribution in [0.4, 0.5) is 0 Å². The number of carbonyl (C=O) groups is 1. The third-order valence-corrected chi connectivity index (χ3v) is 5.18. The number of nitrogens with zero attached hydrogens (tertiary/aromatic N) is 1. The van der Waals surface area contributed by atoms with Crippen LogP contribution in [-0.2, 0) is 4.79 Å². The number of rotatable bonds is 6.